The third kappa shape index (κ3) is 5.29. The van der Waals surface area contributed by atoms with Crippen LogP contribution in [0.3, 0.4) is 0 Å². The number of Topliss-reactive ketones (excluding diaryl/α,β-unsaturated/α-hetero) is 1. The van der Waals surface area contributed by atoms with Crippen molar-refractivity contribution in [2.45, 2.75) is 38.9 Å². The molecule has 26 heavy (non-hydrogen) atoms. The summed E-state index contributed by atoms with van der Waals surface area (Å²) >= 11 is 0. The summed E-state index contributed by atoms with van der Waals surface area (Å²) in [5.74, 6) is -0.656. The Hall–Kier alpha value is -2.41. The topological polar surface area (TPSA) is 82.1 Å². The van der Waals surface area contributed by atoms with E-state index in [0.29, 0.717) is 25.9 Å². The van der Waals surface area contributed by atoms with Crippen molar-refractivity contribution in [3.8, 4) is 0 Å². The maximum atomic E-state index is 12.2. The molecule has 1 aliphatic heterocycles. The first kappa shape index (κ1) is 19.9. The van der Waals surface area contributed by atoms with Crippen LogP contribution in [0.4, 0.5) is 4.79 Å². The number of ketones is 1. The number of nitrogens with zero attached hydrogens (tertiary/aromatic N) is 1. The number of carbonyl (C=O) groups excluding carboxylic acids is 3. The fraction of sp³-hybridized carbons (Fsp3) is 0.526. The van der Waals surface area contributed by atoms with Crippen LogP contribution in [-0.4, -0.2) is 54.7 Å². The number of esters is 1. The van der Waals surface area contributed by atoms with E-state index in [1.807, 2.05) is 30.3 Å². The maximum Gasteiger partial charge on any atom is 0.410 e. The first-order valence-electron chi connectivity index (χ1n) is 8.73. The van der Waals surface area contributed by atoms with Crippen LogP contribution >= 0.6 is 0 Å². The Morgan fingerprint density at radius 1 is 1.08 bits per heavy atom. The molecule has 0 unspecified atom stereocenters. The van der Waals surface area contributed by atoms with Crippen molar-refractivity contribution in [2.75, 3.05) is 26.3 Å². The van der Waals surface area contributed by atoms with Gasteiger partial charge < -0.3 is 19.1 Å². The van der Waals surface area contributed by atoms with E-state index >= 15 is 0 Å². The molecule has 1 aliphatic rings. The summed E-state index contributed by atoms with van der Waals surface area (Å²) < 4.78 is 15.7. The quantitative estimate of drug-likeness (QED) is 0.692. The number of piperidine rings is 1. The van der Waals surface area contributed by atoms with E-state index in [4.69, 9.17) is 14.2 Å². The Labute approximate surface area is 153 Å². The summed E-state index contributed by atoms with van der Waals surface area (Å²) in [5, 5.41) is 0. The average Bonchev–Trinajstić information content (AvgIpc) is 2.66. The van der Waals surface area contributed by atoms with E-state index in [-0.39, 0.29) is 25.6 Å². The summed E-state index contributed by atoms with van der Waals surface area (Å²) in [6.07, 6.45) is 0.223. The lowest BCUT2D eigenvalue weighted by atomic mass is 9.87. The van der Waals surface area contributed by atoms with E-state index in [2.05, 4.69) is 0 Å². The molecule has 0 radical (unpaired) electrons. The van der Waals surface area contributed by atoms with Crippen molar-refractivity contribution in [1.82, 2.24) is 4.90 Å². The smallest absolute Gasteiger partial charge is 0.410 e. The fourth-order valence-electron chi connectivity index (χ4n) is 2.86. The zero-order valence-corrected chi connectivity index (χ0v) is 15.2. The van der Waals surface area contributed by atoms with Crippen LogP contribution < -0.4 is 0 Å². The summed E-state index contributed by atoms with van der Waals surface area (Å²) in [4.78, 5) is 37.3. The molecule has 0 atom stereocenters. The molecule has 1 aromatic rings. The lowest BCUT2D eigenvalue weighted by Crippen LogP contribution is -2.52. The third-order valence-corrected chi connectivity index (χ3v) is 4.45. The number of hydrogen-bond donors (Lipinski definition) is 0. The number of likely N-dealkylation sites (tertiary alicyclic amines) is 1. The van der Waals surface area contributed by atoms with Crippen LogP contribution in [0.25, 0.3) is 0 Å². The molecule has 142 valence electrons. The van der Waals surface area contributed by atoms with Gasteiger partial charge in [0.25, 0.3) is 0 Å². The zero-order valence-electron chi connectivity index (χ0n) is 15.2. The van der Waals surface area contributed by atoms with Crippen molar-refractivity contribution >= 4 is 17.8 Å². The molecule has 2 rings (SSSR count). The lowest BCUT2D eigenvalue weighted by molar-refractivity contribution is -0.165. The number of hydrogen-bond acceptors (Lipinski definition) is 6. The number of ether oxygens (including phenoxy) is 3. The molecule has 0 bridgehead atoms. The van der Waals surface area contributed by atoms with Crippen molar-refractivity contribution in [3.05, 3.63) is 35.9 Å². The molecule has 0 aliphatic carbocycles. The highest BCUT2D eigenvalue weighted by Gasteiger charge is 2.41. The van der Waals surface area contributed by atoms with Gasteiger partial charge in [0.15, 0.2) is 5.78 Å². The maximum absolute atomic E-state index is 12.2. The van der Waals surface area contributed by atoms with Crippen LogP contribution in [0.15, 0.2) is 30.3 Å². The Morgan fingerprint density at radius 3 is 2.31 bits per heavy atom. The molecule has 7 nitrogen and oxygen atoms in total. The lowest BCUT2D eigenvalue weighted by Gasteiger charge is -2.39. The number of carbonyl (C=O) groups is 3. The summed E-state index contributed by atoms with van der Waals surface area (Å²) in [6.45, 7) is 3.99. The van der Waals surface area contributed by atoms with Gasteiger partial charge in [-0.05, 0) is 19.4 Å². The fourth-order valence-corrected chi connectivity index (χ4v) is 2.86. The zero-order chi connectivity index (χ0) is 19.0. The van der Waals surface area contributed by atoms with Gasteiger partial charge in [0, 0.05) is 25.9 Å². The van der Waals surface area contributed by atoms with E-state index in [9.17, 15) is 14.4 Å². The van der Waals surface area contributed by atoms with Crippen molar-refractivity contribution < 1.29 is 28.6 Å². The first-order chi connectivity index (χ1) is 12.5. The Kier molecular flexibility index (Phi) is 7.15. The highest BCUT2D eigenvalue weighted by molar-refractivity contribution is 5.86. The molecule has 1 fully saturated rings. The van der Waals surface area contributed by atoms with Crippen molar-refractivity contribution in [1.29, 1.82) is 0 Å². The van der Waals surface area contributed by atoms with Crippen LogP contribution in [0.2, 0.25) is 0 Å². The van der Waals surface area contributed by atoms with Gasteiger partial charge in [0.2, 0.25) is 0 Å². The SMILES string of the molecule is CCOC(=O)COC1(C(C)=O)CCN(C(=O)OCc2ccccc2)CC1. The molecule has 1 amide bonds. The van der Waals surface area contributed by atoms with Crippen LogP contribution in [0.5, 0.6) is 0 Å². The molecule has 7 heteroatoms. The van der Waals surface area contributed by atoms with Gasteiger partial charge in [-0.25, -0.2) is 9.59 Å². The largest absolute Gasteiger partial charge is 0.464 e. The predicted octanol–water partition coefficient (Wildman–Crippen LogP) is 2.33. The first-order valence-corrected chi connectivity index (χ1v) is 8.73. The molecule has 0 saturated carbocycles. The molecule has 0 aromatic heterocycles. The van der Waals surface area contributed by atoms with Crippen molar-refractivity contribution in [3.63, 3.8) is 0 Å². The average molecular weight is 363 g/mol. The van der Waals surface area contributed by atoms with Gasteiger partial charge in [-0.2, -0.15) is 0 Å². The van der Waals surface area contributed by atoms with Crippen LogP contribution in [-0.2, 0) is 30.4 Å². The normalized spacial score (nSPS) is 16.0. The second-order valence-electron chi connectivity index (χ2n) is 6.17. The number of amides is 1. The van der Waals surface area contributed by atoms with E-state index < -0.39 is 17.7 Å². The van der Waals surface area contributed by atoms with E-state index in [0.717, 1.165) is 5.56 Å². The third-order valence-electron chi connectivity index (χ3n) is 4.45. The number of rotatable bonds is 7. The second kappa shape index (κ2) is 9.33. The van der Waals surface area contributed by atoms with Gasteiger partial charge in [-0.1, -0.05) is 30.3 Å². The Morgan fingerprint density at radius 2 is 1.73 bits per heavy atom. The second-order valence-corrected chi connectivity index (χ2v) is 6.17. The predicted molar refractivity (Wildman–Crippen MR) is 93.4 cm³/mol. The monoisotopic (exact) mass is 363 g/mol. The van der Waals surface area contributed by atoms with E-state index in [1.54, 1.807) is 11.8 Å². The van der Waals surface area contributed by atoms with Crippen LogP contribution in [0.1, 0.15) is 32.3 Å². The summed E-state index contributed by atoms with van der Waals surface area (Å²) in [7, 11) is 0. The molecule has 1 heterocycles. The molecule has 1 aromatic carbocycles. The standard InChI is InChI=1S/C19H25NO6/c1-3-24-17(22)14-26-19(15(2)21)9-11-20(12-10-19)18(23)25-13-16-7-5-4-6-8-16/h4-8H,3,9-14H2,1-2H3. The Bertz CT molecular complexity index is 622. The minimum Gasteiger partial charge on any atom is -0.464 e. The van der Waals surface area contributed by atoms with Crippen LogP contribution in [0, 0.1) is 0 Å². The van der Waals surface area contributed by atoms with E-state index in [1.165, 1.54) is 6.92 Å². The summed E-state index contributed by atoms with van der Waals surface area (Å²) in [6, 6.07) is 9.42. The highest BCUT2D eigenvalue weighted by atomic mass is 16.6. The van der Waals surface area contributed by atoms with Gasteiger partial charge in [-0.3, -0.25) is 4.79 Å². The van der Waals surface area contributed by atoms with Gasteiger partial charge in [0.05, 0.1) is 6.61 Å². The molecule has 0 N–H and O–H groups in total. The van der Waals surface area contributed by atoms with Crippen molar-refractivity contribution in [2.24, 2.45) is 0 Å². The minimum atomic E-state index is -1.05. The minimum absolute atomic E-state index is 0.154. The highest BCUT2D eigenvalue weighted by Crippen LogP contribution is 2.28. The van der Waals surface area contributed by atoms with Gasteiger partial charge >= 0.3 is 12.1 Å². The molecule has 1 saturated heterocycles. The number of benzene rings is 1. The summed E-state index contributed by atoms with van der Waals surface area (Å²) in [5.41, 5.74) is -0.142. The molecule has 0 spiro atoms. The molecular formula is C19H25NO6. The van der Waals surface area contributed by atoms with Gasteiger partial charge in [0.1, 0.15) is 18.8 Å². The van der Waals surface area contributed by atoms with Gasteiger partial charge in [-0.15, -0.1) is 0 Å². The molecular weight excluding hydrogens is 338 g/mol. The Balaban J connectivity index is 1.85.